The molecule has 0 radical (unpaired) electrons. The van der Waals surface area contributed by atoms with Gasteiger partial charge in [-0.05, 0) is 18.6 Å². The van der Waals surface area contributed by atoms with Gasteiger partial charge in [-0.25, -0.2) is 0 Å². The van der Waals surface area contributed by atoms with E-state index in [2.05, 4.69) is 4.98 Å². The Balaban J connectivity index is 1.55. The van der Waals surface area contributed by atoms with Crippen LogP contribution in [0.2, 0.25) is 0 Å². The highest BCUT2D eigenvalue weighted by molar-refractivity contribution is 5.78. The fourth-order valence-electron chi connectivity index (χ4n) is 2.77. The molecule has 0 N–H and O–H groups in total. The number of carbonyl (C=O) groups excluding carboxylic acids is 1. The molecule has 5 heteroatoms. The number of pyridine rings is 1. The lowest BCUT2D eigenvalue weighted by Gasteiger charge is -2.37. The third-order valence-electron chi connectivity index (χ3n) is 4.02. The van der Waals surface area contributed by atoms with Gasteiger partial charge in [-0.15, -0.1) is 0 Å². The van der Waals surface area contributed by atoms with Crippen molar-refractivity contribution in [3.05, 3.63) is 29.6 Å². The van der Waals surface area contributed by atoms with Gasteiger partial charge in [0.15, 0.2) is 5.79 Å². The van der Waals surface area contributed by atoms with Crippen LogP contribution in [0.5, 0.6) is 0 Å². The molecule has 0 unspecified atom stereocenters. The van der Waals surface area contributed by atoms with Crippen molar-refractivity contribution in [1.29, 1.82) is 0 Å². The van der Waals surface area contributed by atoms with E-state index >= 15 is 0 Å². The van der Waals surface area contributed by atoms with Crippen LogP contribution in [0.15, 0.2) is 18.3 Å². The monoisotopic (exact) mass is 276 g/mol. The van der Waals surface area contributed by atoms with Crippen molar-refractivity contribution in [3.63, 3.8) is 0 Å². The maximum absolute atomic E-state index is 12.3. The lowest BCUT2D eigenvalue weighted by atomic mass is 10.0. The van der Waals surface area contributed by atoms with Crippen LogP contribution in [0, 0.1) is 6.92 Å². The first-order valence-electron chi connectivity index (χ1n) is 7.14. The molecule has 0 atom stereocenters. The number of nitrogens with zero attached hydrogens (tertiary/aromatic N) is 2. The maximum atomic E-state index is 12.3. The van der Waals surface area contributed by atoms with E-state index in [4.69, 9.17) is 9.47 Å². The molecule has 3 rings (SSSR count). The molecule has 1 spiro atoms. The lowest BCUT2D eigenvalue weighted by molar-refractivity contribution is -0.187. The van der Waals surface area contributed by atoms with Gasteiger partial charge in [0.1, 0.15) is 0 Å². The van der Waals surface area contributed by atoms with Crippen LogP contribution >= 0.6 is 0 Å². The number of carbonyl (C=O) groups is 1. The Hall–Kier alpha value is -1.46. The lowest BCUT2D eigenvalue weighted by Crippen LogP contribution is -2.47. The predicted octanol–water partition coefficient (Wildman–Crippen LogP) is 1.30. The number of rotatable bonds is 2. The van der Waals surface area contributed by atoms with Gasteiger partial charge < -0.3 is 14.4 Å². The molecule has 108 valence electrons. The van der Waals surface area contributed by atoms with Crippen molar-refractivity contribution in [3.8, 4) is 0 Å². The van der Waals surface area contributed by atoms with E-state index in [0.717, 1.165) is 24.1 Å². The molecule has 0 aliphatic carbocycles. The van der Waals surface area contributed by atoms with Crippen LogP contribution in [0.4, 0.5) is 0 Å². The van der Waals surface area contributed by atoms with Gasteiger partial charge in [0.25, 0.3) is 0 Å². The summed E-state index contributed by atoms with van der Waals surface area (Å²) in [5.74, 6) is -0.258. The second kappa shape index (κ2) is 5.50. The minimum Gasteiger partial charge on any atom is -0.347 e. The zero-order valence-corrected chi connectivity index (χ0v) is 11.8. The second-order valence-electron chi connectivity index (χ2n) is 5.47. The van der Waals surface area contributed by atoms with Crippen LogP contribution in [-0.2, 0) is 20.7 Å². The third-order valence-corrected chi connectivity index (χ3v) is 4.02. The van der Waals surface area contributed by atoms with Crippen LogP contribution in [-0.4, -0.2) is 47.9 Å². The highest BCUT2D eigenvalue weighted by Gasteiger charge is 2.40. The van der Waals surface area contributed by atoms with Gasteiger partial charge in [-0.1, -0.05) is 6.07 Å². The van der Waals surface area contributed by atoms with Gasteiger partial charge in [-0.2, -0.15) is 0 Å². The molecular weight excluding hydrogens is 256 g/mol. The van der Waals surface area contributed by atoms with E-state index in [1.54, 1.807) is 6.20 Å². The Kier molecular flexibility index (Phi) is 3.72. The fourth-order valence-corrected chi connectivity index (χ4v) is 2.77. The highest BCUT2D eigenvalue weighted by atomic mass is 16.7. The summed E-state index contributed by atoms with van der Waals surface area (Å²) in [7, 11) is 0. The zero-order chi connectivity index (χ0) is 14.0. The molecule has 20 heavy (non-hydrogen) atoms. The summed E-state index contributed by atoms with van der Waals surface area (Å²) in [6.45, 7) is 4.69. The fraction of sp³-hybridized carbons (Fsp3) is 0.600. The predicted molar refractivity (Wildman–Crippen MR) is 73.1 cm³/mol. The molecular formula is C15H20N2O3. The van der Waals surface area contributed by atoms with Crippen molar-refractivity contribution < 1.29 is 14.3 Å². The number of ether oxygens (including phenoxy) is 2. The van der Waals surface area contributed by atoms with E-state index in [9.17, 15) is 4.79 Å². The van der Waals surface area contributed by atoms with E-state index in [-0.39, 0.29) is 5.91 Å². The van der Waals surface area contributed by atoms with Gasteiger partial charge >= 0.3 is 0 Å². The molecule has 3 heterocycles. The summed E-state index contributed by atoms with van der Waals surface area (Å²) in [5, 5.41) is 0. The molecule has 2 saturated heterocycles. The molecule has 2 aliphatic rings. The summed E-state index contributed by atoms with van der Waals surface area (Å²) in [6, 6.07) is 3.91. The van der Waals surface area contributed by atoms with Crippen molar-refractivity contribution in [1.82, 2.24) is 9.88 Å². The highest BCUT2D eigenvalue weighted by Crippen LogP contribution is 2.31. The first-order valence-corrected chi connectivity index (χ1v) is 7.14. The number of likely N-dealkylation sites (tertiary alicyclic amines) is 1. The van der Waals surface area contributed by atoms with E-state index in [1.165, 1.54) is 0 Å². The van der Waals surface area contributed by atoms with Crippen LogP contribution < -0.4 is 0 Å². The average Bonchev–Trinajstić information content (AvgIpc) is 2.90. The van der Waals surface area contributed by atoms with E-state index in [1.807, 2.05) is 24.0 Å². The topological polar surface area (TPSA) is 51.7 Å². The quantitative estimate of drug-likeness (QED) is 0.817. The Bertz CT molecular complexity index is 470. The Morgan fingerprint density at radius 1 is 1.30 bits per heavy atom. The standard InChI is InChI=1S/C15H20N2O3/c1-12-2-3-13(11-16-12)10-14(18)17-6-4-15(5-7-17)19-8-9-20-15/h2-3,11H,4-10H2,1H3. The van der Waals surface area contributed by atoms with Crippen molar-refractivity contribution in [2.45, 2.75) is 32.0 Å². The van der Waals surface area contributed by atoms with Crippen molar-refractivity contribution in [2.75, 3.05) is 26.3 Å². The van der Waals surface area contributed by atoms with Gasteiger partial charge in [0.05, 0.1) is 19.6 Å². The number of amides is 1. The minimum absolute atomic E-state index is 0.156. The number of hydrogen-bond acceptors (Lipinski definition) is 4. The number of aromatic nitrogens is 1. The van der Waals surface area contributed by atoms with Crippen LogP contribution in [0.25, 0.3) is 0 Å². The zero-order valence-electron chi connectivity index (χ0n) is 11.8. The molecule has 2 fully saturated rings. The second-order valence-corrected chi connectivity index (χ2v) is 5.47. The number of hydrogen-bond donors (Lipinski definition) is 0. The largest absolute Gasteiger partial charge is 0.347 e. The summed E-state index contributed by atoms with van der Waals surface area (Å²) >= 11 is 0. The van der Waals surface area contributed by atoms with Gasteiger partial charge in [0, 0.05) is 37.8 Å². The SMILES string of the molecule is Cc1ccc(CC(=O)N2CCC3(CC2)OCCO3)cn1. The van der Waals surface area contributed by atoms with Gasteiger partial charge in [0.2, 0.25) is 5.91 Å². The van der Waals surface area contributed by atoms with E-state index in [0.29, 0.717) is 32.7 Å². The number of piperidine rings is 1. The average molecular weight is 276 g/mol. The van der Waals surface area contributed by atoms with Crippen molar-refractivity contribution >= 4 is 5.91 Å². The Morgan fingerprint density at radius 2 is 2.00 bits per heavy atom. The Labute approximate surface area is 118 Å². The molecule has 5 nitrogen and oxygen atoms in total. The first-order chi connectivity index (χ1) is 9.67. The summed E-state index contributed by atoms with van der Waals surface area (Å²) in [6.07, 6.45) is 3.74. The molecule has 0 saturated carbocycles. The number of aryl methyl sites for hydroxylation is 1. The van der Waals surface area contributed by atoms with Crippen LogP contribution in [0.1, 0.15) is 24.1 Å². The first kappa shape index (κ1) is 13.5. The summed E-state index contributed by atoms with van der Waals surface area (Å²) < 4.78 is 11.3. The van der Waals surface area contributed by atoms with Gasteiger partial charge in [-0.3, -0.25) is 9.78 Å². The minimum atomic E-state index is -0.414. The molecule has 0 aromatic carbocycles. The molecule has 1 aromatic rings. The smallest absolute Gasteiger partial charge is 0.227 e. The van der Waals surface area contributed by atoms with E-state index < -0.39 is 5.79 Å². The third kappa shape index (κ3) is 2.83. The normalized spacial score (nSPS) is 21.4. The molecule has 1 amide bonds. The van der Waals surface area contributed by atoms with Crippen LogP contribution in [0.3, 0.4) is 0 Å². The maximum Gasteiger partial charge on any atom is 0.227 e. The summed E-state index contributed by atoms with van der Waals surface area (Å²) in [4.78, 5) is 18.4. The van der Waals surface area contributed by atoms with Crippen molar-refractivity contribution in [2.24, 2.45) is 0 Å². The summed E-state index contributed by atoms with van der Waals surface area (Å²) in [5.41, 5.74) is 1.94. The Morgan fingerprint density at radius 3 is 2.60 bits per heavy atom. The molecule has 2 aliphatic heterocycles. The molecule has 0 bridgehead atoms. The molecule has 1 aromatic heterocycles.